The highest BCUT2D eigenvalue weighted by atomic mass is 16.1. The average Bonchev–Trinajstić information content (AvgIpc) is 2.93. The first-order chi connectivity index (χ1) is 18.0. The van der Waals surface area contributed by atoms with Crippen LogP contribution in [0.25, 0.3) is 5.70 Å². The van der Waals surface area contributed by atoms with E-state index in [1.54, 1.807) is 12.4 Å². The Kier molecular flexibility index (Phi) is 7.58. The number of carbonyl (C=O) groups is 1. The molecular weight excluding hydrogens is 462 g/mol. The zero-order valence-electron chi connectivity index (χ0n) is 21.3. The fraction of sp³-hybridized carbons (Fsp3) is 0.276. The number of nitrogens with one attached hydrogen (secondary N) is 3. The van der Waals surface area contributed by atoms with Crippen LogP contribution in [0.4, 0.5) is 11.4 Å². The van der Waals surface area contributed by atoms with Gasteiger partial charge in [-0.25, -0.2) is 4.99 Å². The van der Waals surface area contributed by atoms with E-state index in [4.69, 9.17) is 0 Å². The molecule has 37 heavy (non-hydrogen) atoms. The third kappa shape index (κ3) is 6.41. The summed E-state index contributed by atoms with van der Waals surface area (Å²) in [6.45, 7) is 7.28. The number of carbonyl (C=O) groups excluding carboxylic acids is 1. The quantitative estimate of drug-likeness (QED) is 0.462. The lowest BCUT2D eigenvalue weighted by Gasteiger charge is -2.32. The number of aliphatic imine (C=N–C) groups is 1. The molecule has 0 radical (unpaired) electrons. The molecule has 1 fully saturated rings. The van der Waals surface area contributed by atoms with Crippen molar-refractivity contribution in [2.45, 2.75) is 19.8 Å². The Morgan fingerprint density at radius 2 is 1.89 bits per heavy atom. The van der Waals surface area contributed by atoms with Crippen molar-refractivity contribution in [2.75, 3.05) is 43.9 Å². The number of hydrogen-bond acceptors (Lipinski definition) is 7. The molecule has 0 bridgehead atoms. The minimum atomic E-state index is -0.335. The van der Waals surface area contributed by atoms with Crippen LogP contribution in [0.15, 0.2) is 78.1 Å². The first-order valence-electron chi connectivity index (χ1n) is 12.6. The molecule has 190 valence electrons. The number of piperazine rings is 1. The van der Waals surface area contributed by atoms with Gasteiger partial charge in [-0.05, 0) is 67.6 Å². The monoisotopic (exact) mass is 495 g/mol. The molecule has 2 aliphatic heterocycles. The van der Waals surface area contributed by atoms with Gasteiger partial charge in [-0.1, -0.05) is 18.2 Å². The molecule has 1 saturated heterocycles. The number of hydrogen-bond donors (Lipinski definition) is 3. The topological polar surface area (TPSA) is 84.9 Å². The molecule has 0 aliphatic carbocycles. The highest BCUT2D eigenvalue weighted by molar-refractivity contribution is 6.04. The number of aryl methyl sites for hydroxylation is 1. The van der Waals surface area contributed by atoms with Crippen molar-refractivity contribution < 1.29 is 4.79 Å². The van der Waals surface area contributed by atoms with Crippen LogP contribution >= 0.6 is 0 Å². The molecule has 2 aliphatic rings. The molecule has 5 rings (SSSR count). The first-order valence-corrected chi connectivity index (χ1v) is 12.6. The maximum Gasteiger partial charge on any atom is 0.255 e. The normalized spacial score (nSPS) is 18.1. The van der Waals surface area contributed by atoms with Crippen LogP contribution in [0, 0.1) is 6.92 Å². The van der Waals surface area contributed by atoms with Crippen molar-refractivity contribution in [1.82, 2.24) is 20.1 Å². The summed E-state index contributed by atoms with van der Waals surface area (Å²) in [6, 6.07) is 17.7. The van der Waals surface area contributed by atoms with E-state index in [-0.39, 0.29) is 12.2 Å². The molecule has 3 heterocycles. The smallest absolute Gasteiger partial charge is 0.255 e. The molecule has 2 aromatic carbocycles. The molecule has 8 nitrogen and oxygen atoms in total. The van der Waals surface area contributed by atoms with Gasteiger partial charge < -0.3 is 20.9 Å². The largest absolute Gasteiger partial charge is 0.347 e. The van der Waals surface area contributed by atoms with E-state index in [0.717, 1.165) is 60.9 Å². The van der Waals surface area contributed by atoms with Crippen molar-refractivity contribution in [3.63, 3.8) is 0 Å². The fourth-order valence-corrected chi connectivity index (χ4v) is 4.44. The average molecular weight is 496 g/mol. The minimum absolute atomic E-state index is 0.128. The van der Waals surface area contributed by atoms with Crippen molar-refractivity contribution in [3.05, 3.63) is 95.3 Å². The van der Waals surface area contributed by atoms with Crippen LogP contribution in [0.1, 0.15) is 27.0 Å². The Bertz CT molecular complexity index is 1280. The van der Waals surface area contributed by atoms with Gasteiger partial charge in [0.05, 0.1) is 0 Å². The summed E-state index contributed by atoms with van der Waals surface area (Å²) < 4.78 is 0. The van der Waals surface area contributed by atoms with Gasteiger partial charge in [0.25, 0.3) is 5.91 Å². The molecule has 3 N–H and O–H groups in total. The van der Waals surface area contributed by atoms with Crippen LogP contribution in [0.3, 0.4) is 0 Å². The first kappa shape index (κ1) is 24.7. The SMILES string of the molecule is Cc1ccc(NC(=O)c2ccc(CN3CCN(C)CC3)cc2)cc1NC1N=CC=C(c2cccnc2)N1. The molecule has 0 saturated carbocycles. The number of rotatable bonds is 7. The zero-order valence-corrected chi connectivity index (χ0v) is 21.3. The van der Waals surface area contributed by atoms with Crippen LogP contribution in [0.2, 0.25) is 0 Å². The molecule has 1 amide bonds. The van der Waals surface area contributed by atoms with Crippen LogP contribution in [-0.2, 0) is 6.54 Å². The van der Waals surface area contributed by atoms with Gasteiger partial charge in [0.2, 0.25) is 0 Å². The van der Waals surface area contributed by atoms with Gasteiger partial charge in [0.1, 0.15) is 0 Å². The Hall–Kier alpha value is -4.01. The highest BCUT2D eigenvalue weighted by Gasteiger charge is 2.16. The Morgan fingerprint density at radius 1 is 1.08 bits per heavy atom. The summed E-state index contributed by atoms with van der Waals surface area (Å²) in [5.41, 5.74) is 6.47. The number of benzene rings is 2. The molecule has 8 heteroatoms. The summed E-state index contributed by atoms with van der Waals surface area (Å²) in [6.07, 6.45) is 6.94. The lowest BCUT2D eigenvalue weighted by molar-refractivity contribution is 0.102. The molecule has 3 aromatic rings. The van der Waals surface area contributed by atoms with E-state index < -0.39 is 0 Å². The van der Waals surface area contributed by atoms with Crippen molar-refractivity contribution >= 4 is 29.2 Å². The van der Waals surface area contributed by atoms with Crippen molar-refractivity contribution in [3.8, 4) is 0 Å². The number of aromatic nitrogens is 1. The zero-order chi connectivity index (χ0) is 25.6. The molecule has 1 unspecified atom stereocenters. The van der Waals surface area contributed by atoms with Gasteiger partial charge in [-0.15, -0.1) is 0 Å². The predicted octanol–water partition coefficient (Wildman–Crippen LogP) is 3.80. The number of likely N-dealkylation sites (N-methyl/N-ethyl adjacent to an activating group) is 1. The van der Waals surface area contributed by atoms with Gasteiger partial charge in [0, 0.05) is 79.5 Å². The van der Waals surface area contributed by atoms with Gasteiger partial charge in [0.15, 0.2) is 6.29 Å². The number of allylic oxidation sites excluding steroid dienone is 1. The summed E-state index contributed by atoms with van der Waals surface area (Å²) in [4.78, 5) is 26.4. The number of nitrogens with zero attached hydrogens (tertiary/aromatic N) is 4. The second kappa shape index (κ2) is 11.4. The van der Waals surface area contributed by atoms with E-state index >= 15 is 0 Å². The van der Waals surface area contributed by atoms with Crippen molar-refractivity contribution in [2.24, 2.45) is 4.99 Å². The number of amides is 1. The number of pyridine rings is 1. The van der Waals surface area contributed by atoms with E-state index in [1.165, 1.54) is 5.56 Å². The summed E-state index contributed by atoms with van der Waals surface area (Å²) in [7, 11) is 2.16. The highest BCUT2D eigenvalue weighted by Crippen LogP contribution is 2.23. The molecular formula is C29H33N7O. The predicted molar refractivity (Wildman–Crippen MR) is 150 cm³/mol. The number of anilines is 2. The van der Waals surface area contributed by atoms with E-state index in [0.29, 0.717) is 5.56 Å². The Balaban J connectivity index is 1.19. The molecule has 1 aromatic heterocycles. The maximum atomic E-state index is 12.9. The van der Waals surface area contributed by atoms with Crippen LogP contribution < -0.4 is 16.0 Å². The standard InChI is InChI=1S/C29H33N7O/c1-21-5-10-25(18-27(21)34-29-31-13-11-26(33-29)24-4-3-12-30-19-24)32-28(37)23-8-6-22(7-9-23)20-36-16-14-35(2)15-17-36/h3-13,18-19,29,33-34H,14-17,20H2,1-2H3,(H,32,37). The third-order valence-electron chi connectivity index (χ3n) is 6.75. The van der Waals surface area contributed by atoms with Gasteiger partial charge in [-0.2, -0.15) is 0 Å². The lowest BCUT2D eigenvalue weighted by atomic mass is 10.1. The second-order valence-electron chi connectivity index (χ2n) is 9.57. The fourth-order valence-electron chi connectivity index (χ4n) is 4.44. The van der Waals surface area contributed by atoms with Gasteiger partial charge in [-0.3, -0.25) is 14.7 Å². The summed E-state index contributed by atoms with van der Waals surface area (Å²) in [5.74, 6) is -0.128. The second-order valence-corrected chi connectivity index (χ2v) is 9.57. The van der Waals surface area contributed by atoms with E-state index in [9.17, 15) is 4.79 Å². The molecule has 0 spiro atoms. The minimum Gasteiger partial charge on any atom is -0.347 e. The van der Waals surface area contributed by atoms with Crippen molar-refractivity contribution in [1.29, 1.82) is 0 Å². The molecule has 1 atom stereocenters. The lowest BCUT2D eigenvalue weighted by Crippen LogP contribution is -2.43. The summed E-state index contributed by atoms with van der Waals surface area (Å²) >= 11 is 0. The van der Waals surface area contributed by atoms with E-state index in [2.05, 4.69) is 54.9 Å². The Labute approximate surface area is 218 Å². The van der Waals surface area contributed by atoms with Gasteiger partial charge >= 0.3 is 0 Å². The maximum absolute atomic E-state index is 12.9. The third-order valence-corrected chi connectivity index (χ3v) is 6.75. The Morgan fingerprint density at radius 3 is 2.65 bits per heavy atom. The van der Waals surface area contributed by atoms with Crippen LogP contribution in [-0.4, -0.2) is 66.4 Å². The van der Waals surface area contributed by atoms with E-state index in [1.807, 2.05) is 61.7 Å². The van der Waals surface area contributed by atoms with Crippen LogP contribution in [0.5, 0.6) is 0 Å². The summed E-state index contributed by atoms with van der Waals surface area (Å²) in [5, 5.41) is 9.84.